The minimum atomic E-state index is -2.07. The fraction of sp³-hybridized carbons (Fsp3) is 0.600. The second-order valence-electron chi connectivity index (χ2n) is 4.10. The van der Waals surface area contributed by atoms with Gasteiger partial charge in [-0.05, 0) is 6.92 Å². The molecule has 2 aliphatic heterocycles. The Kier molecular flexibility index (Phi) is 2.67. The number of halogens is 1. The van der Waals surface area contributed by atoms with Gasteiger partial charge in [0.25, 0.3) is 6.36 Å². The van der Waals surface area contributed by atoms with Gasteiger partial charge in [0.1, 0.15) is 0 Å². The molecule has 0 aromatic heterocycles. The quantitative estimate of drug-likeness (QED) is 0.673. The molecule has 2 unspecified atom stereocenters. The number of hydrogen-bond acceptors (Lipinski definition) is 3. The van der Waals surface area contributed by atoms with Gasteiger partial charge >= 0.3 is 6.03 Å². The maximum absolute atomic E-state index is 13.1. The summed E-state index contributed by atoms with van der Waals surface area (Å²) in [4.78, 5) is 28.7. The molecule has 0 saturated carbocycles. The molecule has 0 spiro atoms. The van der Waals surface area contributed by atoms with Crippen LogP contribution in [0.5, 0.6) is 0 Å². The molecule has 2 aliphatic rings. The smallest absolute Gasteiger partial charge is 0.316 e. The molecule has 2 rings (SSSR count). The van der Waals surface area contributed by atoms with Gasteiger partial charge < -0.3 is 4.90 Å². The number of rotatable bonds is 3. The molecule has 0 aliphatic carbocycles. The number of Topliss-reactive ketones (excluding diaryl/α,β-unsaturated/α-hetero) is 1. The lowest BCUT2D eigenvalue weighted by molar-refractivity contribution is -0.206. The molecule has 2 heterocycles. The first kappa shape index (κ1) is 11.1. The predicted octanol–water partition coefficient (Wildman–Crippen LogP) is 0.869. The van der Waals surface area contributed by atoms with E-state index < -0.39 is 12.1 Å². The van der Waals surface area contributed by atoms with Crippen LogP contribution in [0.2, 0.25) is 0 Å². The number of hydrogen-bond donors (Lipinski definition) is 0. The van der Waals surface area contributed by atoms with E-state index >= 15 is 0 Å². The normalized spacial score (nSPS) is 25.8. The van der Waals surface area contributed by atoms with E-state index in [1.165, 1.54) is 0 Å². The van der Waals surface area contributed by atoms with Gasteiger partial charge in [-0.1, -0.05) is 11.6 Å². The zero-order valence-corrected chi connectivity index (χ0v) is 9.14. The lowest BCUT2D eigenvalue weighted by Gasteiger charge is -2.20. The van der Waals surface area contributed by atoms with Crippen LogP contribution in [0.25, 0.3) is 0 Å². The van der Waals surface area contributed by atoms with Gasteiger partial charge in [-0.2, -0.15) is 5.06 Å². The minimum Gasteiger partial charge on any atom is -0.316 e. The van der Waals surface area contributed by atoms with Crippen molar-refractivity contribution < 1.29 is 18.8 Å². The van der Waals surface area contributed by atoms with Crippen molar-refractivity contribution in [1.82, 2.24) is 9.96 Å². The van der Waals surface area contributed by atoms with Gasteiger partial charge in [0.2, 0.25) is 0 Å². The van der Waals surface area contributed by atoms with Gasteiger partial charge in [-0.3, -0.25) is 4.79 Å². The Morgan fingerprint density at radius 1 is 1.69 bits per heavy atom. The number of alkyl halides is 1. The number of fused-ring (bicyclic) bond motifs is 2. The van der Waals surface area contributed by atoms with E-state index in [1.54, 1.807) is 4.90 Å². The summed E-state index contributed by atoms with van der Waals surface area (Å²) in [7, 11) is 0. The summed E-state index contributed by atoms with van der Waals surface area (Å²) >= 11 is 0. The highest BCUT2D eigenvalue weighted by Gasteiger charge is 2.41. The van der Waals surface area contributed by atoms with Crippen LogP contribution in [0.3, 0.4) is 0 Å². The zero-order chi connectivity index (χ0) is 11.9. The van der Waals surface area contributed by atoms with Crippen molar-refractivity contribution >= 4 is 11.8 Å². The van der Waals surface area contributed by atoms with Crippen LogP contribution in [0.15, 0.2) is 11.6 Å². The van der Waals surface area contributed by atoms with E-state index in [0.29, 0.717) is 13.1 Å². The Labute approximate surface area is 92.4 Å². The second-order valence-corrected chi connectivity index (χ2v) is 4.10. The van der Waals surface area contributed by atoms with Crippen LogP contribution in [-0.2, 0) is 9.63 Å². The predicted molar refractivity (Wildman–Crippen MR) is 53.0 cm³/mol. The number of ketones is 1. The first-order valence-electron chi connectivity index (χ1n) is 5.06. The fourth-order valence-electron chi connectivity index (χ4n) is 1.89. The highest BCUT2D eigenvalue weighted by molar-refractivity contribution is 5.80. The topological polar surface area (TPSA) is 49.9 Å². The third kappa shape index (κ3) is 1.80. The summed E-state index contributed by atoms with van der Waals surface area (Å²) < 4.78 is 13.1. The summed E-state index contributed by atoms with van der Waals surface area (Å²) in [6.45, 7) is 4.00. The molecule has 1 saturated heterocycles. The average Bonchev–Trinajstić information content (AvgIpc) is 2.42. The number of hydroxylamine groups is 2. The first-order chi connectivity index (χ1) is 7.49. The third-order valence-corrected chi connectivity index (χ3v) is 2.61. The number of carbonyl (C=O) groups is 2. The molecule has 0 radical (unpaired) electrons. The SMILES string of the molecule is CC(=O)C(F)ON1C(=O)N2CC(C)=CC1C2. The van der Waals surface area contributed by atoms with Crippen molar-refractivity contribution in [2.45, 2.75) is 26.2 Å². The van der Waals surface area contributed by atoms with Gasteiger partial charge in [-0.15, -0.1) is 0 Å². The largest absolute Gasteiger partial charge is 0.345 e. The van der Waals surface area contributed by atoms with Crippen LogP contribution < -0.4 is 0 Å². The van der Waals surface area contributed by atoms with Crippen molar-refractivity contribution in [2.24, 2.45) is 0 Å². The molecule has 0 N–H and O–H groups in total. The van der Waals surface area contributed by atoms with Crippen molar-refractivity contribution in [1.29, 1.82) is 0 Å². The molecule has 88 valence electrons. The van der Waals surface area contributed by atoms with Crippen molar-refractivity contribution in [3.63, 3.8) is 0 Å². The number of amides is 2. The molecule has 6 heteroatoms. The van der Waals surface area contributed by atoms with E-state index in [0.717, 1.165) is 17.6 Å². The number of carbonyl (C=O) groups excluding carboxylic acids is 2. The van der Waals surface area contributed by atoms with Crippen LogP contribution in [0.4, 0.5) is 9.18 Å². The van der Waals surface area contributed by atoms with Crippen LogP contribution in [-0.4, -0.2) is 47.3 Å². The molecular weight excluding hydrogens is 215 g/mol. The molecule has 16 heavy (non-hydrogen) atoms. The summed E-state index contributed by atoms with van der Waals surface area (Å²) in [5.74, 6) is -0.745. The van der Waals surface area contributed by atoms with Crippen LogP contribution in [0.1, 0.15) is 13.8 Å². The number of urea groups is 1. The highest BCUT2D eigenvalue weighted by Crippen LogP contribution is 2.25. The molecular formula is C10H13FN2O3. The molecule has 1 fully saturated rings. The van der Waals surface area contributed by atoms with Crippen LogP contribution >= 0.6 is 0 Å². The molecule has 0 aromatic carbocycles. The Balaban J connectivity index is 2.11. The third-order valence-electron chi connectivity index (χ3n) is 2.61. The lowest BCUT2D eigenvalue weighted by Crippen LogP contribution is -2.37. The fourth-order valence-corrected chi connectivity index (χ4v) is 1.89. The standard InChI is InChI=1S/C10H13FN2O3/c1-6-3-8-5-12(4-6)10(15)13(8)16-9(11)7(2)14/h3,8-9H,4-5H2,1-2H3. The van der Waals surface area contributed by atoms with Crippen molar-refractivity contribution in [3.05, 3.63) is 11.6 Å². The zero-order valence-electron chi connectivity index (χ0n) is 9.14. The maximum Gasteiger partial charge on any atom is 0.345 e. The molecule has 5 nitrogen and oxygen atoms in total. The molecule has 2 amide bonds. The van der Waals surface area contributed by atoms with Gasteiger partial charge in [0.15, 0.2) is 5.78 Å². The van der Waals surface area contributed by atoms with E-state index in [1.807, 2.05) is 13.0 Å². The first-order valence-corrected chi connectivity index (χ1v) is 5.06. The Morgan fingerprint density at radius 2 is 2.38 bits per heavy atom. The Morgan fingerprint density at radius 3 is 3.00 bits per heavy atom. The van der Waals surface area contributed by atoms with Crippen molar-refractivity contribution in [2.75, 3.05) is 13.1 Å². The van der Waals surface area contributed by atoms with E-state index in [4.69, 9.17) is 4.84 Å². The molecule has 2 atom stereocenters. The number of nitrogens with zero attached hydrogens (tertiary/aromatic N) is 2. The lowest BCUT2D eigenvalue weighted by atomic mass is 10.1. The second kappa shape index (κ2) is 3.86. The van der Waals surface area contributed by atoms with Gasteiger partial charge in [-0.25, -0.2) is 14.0 Å². The molecule has 0 aromatic rings. The van der Waals surface area contributed by atoms with E-state index in [-0.39, 0.29) is 12.1 Å². The summed E-state index contributed by atoms with van der Waals surface area (Å²) in [6.07, 6.45) is -0.216. The summed E-state index contributed by atoms with van der Waals surface area (Å²) in [6, 6.07) is -0.680. The average molecular weight is 228 g/mol. The van der Waals surface area contributed by atoms with Gasteiger partial charge in [0, 0.05) is 20.0 Å². The van der Waals surface area contributed by atoms with E-state index in [9.17, 15) is 14.0 Å². The maximum atomic E-state index is 13.1. The Bertz CT molecular complexity index is 369. The van der Waals surface area contributed by atoms with E-state index in [2.05, 4.69) is 0 Å². The summed E-state index contributed by atoms with van der Waals surface area (Å²) in [5.41, 5.74) is 1.04. The summed E-state index contributed by atoms with van der Waals surface area (Å²) in [5, 5.41) is 0.947. The van der Waals surface area contributed by atoms with Crippen LogP contribution in [0, 0.1) is 0 Å². The highest BCUT2D eigenvalue weighted by atomic mass is 19.1. The minimum absolute atomic E-state index is 0.293. The Hall–Kier alpha value is -1.43. The monoisotopic (exact) mass is 228 g/mol. The van der Waals surface area contributed by atoms with Gasteiger partial charge in [0.05, 0.1) is 6.04 Å². The molecule has 2 bridgehead atoms. The van der Waals surface area contributed by atoms with Crippen molar-refractivity contribution in [3.8, 4) is 0 Å².